The minimum Gasteiger partial charge on any atom is -0.497 e. The Labute approximate surface area is 266 Å². The Balaban J connectivity index is 1.60. The number of amides is 3. The molecule has 6 atom stereocenters. The van der Waals surface area contributed by atoms with E-state index in [0.717, 1.165) is 5.56 Å². The highest BCUT2D eigenvalue weighted by molar-refractivity contribution is 6.05. The molecule has 0 aliphatic carbocycles. The van der Waals surface area contributed by atoms with Gasteiger partial charge in [0, 0.05) is 25.3 Å². The predicted molar refractivity (Wildman–Crippen MR) is 172 cm³/mol. The number of carbonyl (C=O) groups is 3. The van der Waals surface area contributed by atoms with Gasteiger partial charge in [0.2, 0.25) is 11.8 Å². The molecule has 3 heterocycles. The van der Waals surface area contributed by atoms with Gasteiger partial charge in [-0.1, -0.05) is 56.3 Å². The molecule has 9 nitrogen and oxygen atoms in total. The number of anilines is 1. The van der Waals surface area contributed by atoms with Gasteiger partial charge in [-0.05, 0) is 55.5 Å². The Morgan fingerprint density at radius 3 is 2.33 bits per heavy atom. The van der Waals surface area contributed by atoms with E-state index in [1.165, 1.54) is 4.90 Å². The van der Waals surface area contributed by atoms with E-state index in [2.05, 4.69) is 13.2 Å². The van der Waals surface area contributed by atoms with Crippen LogP contribution in [0.4, 0.5) is 5.69 Å². The second kappa shape index (κ2) is 13.2. The van der Waals surface area contributed by atoms with Crippen LogP contribution < -0.4 is 9.64 Å². The average Bonchev–Trinajstić information content (AvgIpc) is 3.68. The summed E-state index contributed by atoms with van der Waals surface area (Å²) >= 11 is 0. The molecule has 2 unspecified atom stereocenters. The monoisotopic (exact) mass is 615 g/mol. The highest BCUT2D eigenvalue weighted by Gasteiger charge is 2.79. The maximum Gasteiger partial charge on any atom is 0.253 e. The van der Waals surface area contributed by atoms with Crippen molar-refractivity contribution in [2.45, 2.75) is 69.4 Å². The van der Waals surface area contributed by atoms with Crippen LogP contribution in [0.15, 0.2) is 79.9 Å². The molecule has 1 N–H and O–H groups in total. The van der Waals surface area contributed by atoms with Crippen molar-refractivity contribution in [1.29, 1.82) is 0 Å². The topological polar surface area (TPSA) is 99.6 Å². The number of ether oxygens (including phenoxy) is 2. The van der Waals surface area contributed by atoms with Gasteiger partial charge in [-0.3, -0.25) is 14.4 Å². The van der Waals surface area contributed by atoms with E-state index < -0.39 is 35.1 Å². The molecular formula is C36H45N3O6. The van der Waals surface area contributed by atoms with Crippen LogP contribution >= 0.6 is 0 Å². The standard InChI is InChI=1S/C36H45N3O6/c1-6-21-37(23-25-13-11-10-12-14-25)32(41)29-30-33(42)39(26(8-3)24-40)31(36(30)20-19-35(29,9-4)45-36)34(43)38(22-7-2)27-15-17-28(44-5)18-16-27/h6-7,10-18,26,29-31,40H,1-2,8-9,19-24H2,3-5H3/t26-,29-,30-,31?,35+,36?/m0/s1. The molecule has 3 amide bonds. The number of aliphatic hydroxyl groups is 1. The second-order valence-electron chi connectivity index (χ2n) is 12.3. The summed E-state index contributed by atoms with van der Waals surface area (Å²) in [6, 6.07) is 15.2. The minimum atomic E-state index is -1.22. The van der Waals surface area contributed by atoms with Gasteiger partial charge >= 0.3 is 0 Å². The van der Waals surface area contributed by atoms with E-state index in [1.807, 2.05) is 44.2 Å². The van der Waals surface area contributed by atoms with Gasteiger partial charge < -0.3 is 29.3 Å². The van der Waals surface area contributed by atoms with E-state index in [0.29, 0.717) is 50.2 Å². The number of hydrogen-bond acceptors (Lipinski definition) is 6. The Hall–Kier alpha value is -3.95. The highest BCUT2D eigenvalue weighted by atomic mass is 16.5. The third-order valence-corrected chi connectivity index (χ3v) is 10.0. The van der Waals surface area contributed by atoms with Gasteiger partial charge in [0.1, 0.15) is 17.4 Å². The summed E-state index contributed by atoms with van der Waals surface area (Å²) in [5, 5.41) is 10.5. The maximum absolute atomic E-state index is 14.8. The first-order valence-corrected chi connectivity index (χ1v) is 15.9. The fourth-order valence-corrected chi connectivity index (χ4v) is 7.87. The molecule has 45 heavy (non-hydrogen) atoms. The third-order valence-electron chi connectivity index (χ3n) is 10.0. The molecule has 0 saturated carbocycles. The van der Waals surface area contributed by atoms with E-state index >= 15 is 0 Å². The lowest BCUT2D eigenvalue weighted by molar-refractivity contribution is -0.154. The molecule has 0 aromatic heterocycles. The molecule has 9 heteroatoms. The van der Waals surface area contributed by atoms with Crippen LogP contribution in [-0.4, -0.2) is 82.7 Å². The smallest absolute Gasteiger partial charge is 0.253 e. The Bertz CT molecular complexity index is 1410. The lowest BCUT2D eigenvalue weighted by atomic mass is 9.64. The van der Waals surface area contributed by atoms with Crippen molar-refractivity contribution in [2.75, 3.05) is 31.7 Å². The second-order valence-corrected chi connectivity index (χ2v) is 12.3. The summed E-state index contributed by atoms with van der Waals surface area (Å²) in [6.07, 6.45) is 5.31. The fraction of sp³-hybridized carbons (Fsp3) is 0.472. The van der Waals surface area contributed by atoms with Crippen molar-refractivity contribution < 1.29 is 29.0 Å². The molecule has 3 saturated heterocycles. The number of hydrogen-bond donors (Lipinski definition) is 1. The quantitative estimate of drug-likeness (QED) is 0.317. The van der Waals surface area contributed by atoms with Crippen LogP contribution in [0.25, 0.3) is 0 Å². The van der Waals surface area contributed by atoms with Crippen molar-refractivity contribution in [3.63, 3.8) is 0 Å². The van der Waals surface area contributed by atoms with Crippen molar-refractivity contribution >= 4 is 23.4 Å². The van der Waals surface area contributed by atoms with E-state index in [4.69, 9.17) is 9.47 Å². The number of carbonyl (C=O) groups excluding carboxylic acids is 3. The summed E-state index contributed by atoms with van der Waals surface area (Å²) < 4.78 is 12.3. The van der Waals surface area contributed by atoms with Crippen molar-refractivity contribution in [2.24, 2.45) is 11.8 Å². The zero-order valence-electron chi connectivity index (χ0n) is 26.6. The summed E-state index contributed by atoms with van der Waals surface area (Å²) in [7, 11) is 1.58. The van der Waals surface area contributed by atoms with Crippen LogP contribution in [0.1, 0.15) is 45.1 Å². The van der Waals surface area contributed by atoms with Gasteiger partial charge in [0.05, 0.1) is 37.2 Å². The van der Waals surface area contributed by atoms with E-state index in [9.17, 15) is 19.5 Å². The Kier molecular flexibility index (Phi) is 9.51. The molecule has 2 aromatic carbocycles. The van der Waals surface area contributed by atoms with E-state index in [-0.39, 0.29) is 30.9 Å². The van der Waals surface area contributed by atoms with Crippen molar-refractivity contribution in [3.8, 4) is 5.75 Å². The SMILES string of the molecule is C=CCN(Cc1ccccc1)C(=O)[C@@H]1[C@H]2C(=O)N([C@@H](CC)CO)C(C(=O)N(CC=C)c3ccc(OC)cc3)C23CC[C@@]1(CC)O3. The first-order valence-electron chi connectivity index (χ1n) is 15.9. The van der Waals surface area contributed by atoms with Gasteiger partial charge in [0.25, 0.3) is 5.91 Å². The fourth-order valence-electron chi connectivity index (χ4n) is 7.87. The molecule has 3 fully saturated rings. The van der Waals surface area contributed by atoms with Crippen LogP contribution in [0.3, 0.4) is 0 Å². The van der Waals surface area contributed by atoms with Crippen molar-refractivity contribution in [3.05, 3.63) is 85.5 Å². The number of benzene rings is 2. The first kappa shape index (κ1) is 32.4. The minimum absolute atomic E-state index is 0.177. The van der Waals surface area contributed by atoms with Crippen LogP contribution in [0.2, 0.25) is 0 Å². The largest absolute Gasteiger partial charge is 0.497 e. The molecular weight excluding hydrogens is 570 g/mol. The molecule has 240 valence electrons. The molecule has 3 aliphatic heterocycles. The van der Waals surface area contributed by atoms with Gasteiger partial charge in [0.15, 0.2) is 0 Å². The summed E-state index contributed by atoms with van der Waals surface area (Å²) in [5.41, 5.74) is -0.515. The van der Waals surface area contributed by atoms with Gasteiger partial charge in [-0.15, -0.1) is 13.2 Å². The number of nitrogens with zero attached hydrogens (tertiary/aromatic N) is 3. The molecule has 2 aromatic rings. The molecule has 2 bridgehead atoms. The zero-order valence-corrected chi connectivity index (χ0v) is 26.6. The Morgan fingerprint density at radius 1 is 1.07 bits per heavy atom. The van der Waals surface area contributed by atoms with Crippen LogP contribution in [-0.2, 0) is 25.7 Å². The number of rotatable bonds is 14. The van der Waals surface area contributed by atoms with Gasteiger partial charge in [-0.2, -0.15) is 0 Å². The summed E-state index contributed by atoms with van der Waals surface area (Å²) in [6.45, 7) is 12.2. The maximum atomic E-state index is 14.8. The van der Waals surface area contributed by atoms with Gasteiger partial charge in [-0.25, -0.2) is 0 Å². The van der Waals surface area contributed by atoms with Crippen LogP contribution in [0.5, 0.6) is 5.75 Å². The summed E-state index contributed by atoms with van der Waals surface area (Å²) in [4.78, 5) is 49.0. The van der Waals surface area contributed by atoms with E-state index in [1.54, 1.807) is 53.3 Å². The lowest BCUT2D eigenvalue weighted by Gasteiger charge is -2.39. The molecule has 1 spiro atoms. The Morgan fingerprint density at radius 2 is 1.76 bits per heavy atom. The zero-order chi connectivity index (χ0) is 32.4. The first-order chi connectivity index (χ1) is 21.7. The normalized spacial score (nSPS) is 27.2. The third kappa shape index (κ3) is 5.36. The molecule has 0 radical (unpaired) electrons. The van der Waals surface area contributed by atoms with Crippen molar-refractivity contribution in [1.82, 2.24) is 9.80 Å². The number of likely N-dealkylation sites (tertiary alicyclic amines) is 1. The number of fused-ring (bicyclic) bond motifs is 1. The lowest BCUT2D eigenvalue weighted by Crippen LogP contribution is -2.59. The highest BCUT2D eigenvalue weighted by Crippen LogP contribution is 2.65. The predicted octanol–water partition coefficient (Wildman–Crippen LogP) is 4.35. The van der Waals surface area contributed by atoms with Crippen LogP contribution in [0, 0.1) is 11.8 Å². The molecule has 5 rings (SSSR count). The average molecular weight is 616 g/mol. The summed E-state index contributed by atoms with van der Waals surface area (Å²) in [5.74, 6) is -1.81. The molecule has 3 aliphatic rings. The number of methoxy groups -OCH3 is 1. The number of aliphatic hydroxyl groups excluding tert-OH is 1.